The number of hydrogen-bond donors (Lipinski definition) is 0. The number of hydrogen-bond acceptors (Lipinski definition) is 2. The van der Waals surface area contributed by atoms with Gasteiger partial charge in [-0.3, -0.25) is 4.90 Å². The summed E-state index contributed by atoms with van der Waals surface area (Å²) < 4.78 is 31.5. The van der Waals surface area contributed by atoms with Crippen LogP contribution in [0, 0.1) is 11.6 Å². The van der Waals surface area contributed by atoms with E-state index >= 15 is 0 Å². The first-order chi connectivity index (χ1) is 6.97. The van der Waals surface area contributed by atoms with Crippen LogP contribution in [-0.4, -0.2) is 26.1 Å². The molecule has 0 spiro atoms. The molecule has 84 valence electrons. The summed E-state index contributed by atoms with van der Waals surface area (Å²) in [5.41, 5.74) is 0.248. The van der Waals surface area contributed by atoms with Gasteiger partial charge in [-0.15, -0.1) is 0 Å². The largest absolute Gasteiger partial charge is 0.494 e. The molecule has 0 aromatic heterocycles. The Hall–Kier alpha value is -0.680. The molecule has 5 heteroatoms. The van der Waals surface area contributed by atoms with Crippen LogP contribution >= 0.6 is 15.9 Å². The molecule has 0 saturated carbocycles. The number of alkyl halides is 1. The molecule has 0 amide bonds. The molecular weight excluding hydrogens is 268 g/mol. The van der Waals surface area contributed by atoms with Gasteiger partial charge in [0.2, 0.25) is 0 Å². The van der Waals surface area contributed by atoms with Gasteiger partial charge in [0, 0.05) is 11.6 Å². The molecule has 0 aliphatic carbocycles. The third-order valence-corrected chi connectivity index (χ3v) is 3.29. The average molecular weight is 280 g/mol. The summed E-state index contributed by atoms with van der Waals surface area (Å²) in [6.45, 7) is 0. The van der Waals surface area contributed by atoms with E-state index in [0.29, 0.717) is 0 Å². The summed E-state index contributed by atoms with van der Waals surface area (Å²) in [7, 11) is 4.83. The smallest absolute Gasteiger partial charge is 0.165 e. The Balaban J connectivity index is 3.15. The Kier molecular flexibility index (Phi) is 4.04. The van der Waals surface area contributed by atoms with Crippen LogP contribution in [0.4, 0.5) is 8.78 Å². The fraction of sp³-hybridized carbons (Fsp3) is 0.400. The molecule has 1 aromatic rings. The Labute approximate surface area is 96.0 Å². The molecule has 1 aromatic carbocycles. The summed E-state index contributed by atoms with van der Waals surface area (Å²) >= 11 is 3.26. The van der Waals surface area contributed by atoms with Gasteiger partial charge in [0.1, 0.15) is 5.82 Å². The van der Waals surface area contributed by atoms with Crippen molar-refractivity contribution in [1.82, 2.24) is 4.90 Å². The molecule has 1 unspecified atom stereocenters. The zero-order chi connectivity index (χ0) is 11.6. The molecule has 0 bridgehead atoms. The van der Waals surface area contributed by atoms with Crippen molar-refractivity contribution in [3.8, 4) is 5.75 Å². The summed E-state index contributed by atoms with van der Waals surface area (Å²) in [5, 5.41) is 0. The molecule has 2 nitrogen and oxygen atoms in total. The summed E-state index contributed by atoms with van der Waals surface area (Å²) in [6.07, 6.45) is 0. The van der Waals surface area contributed by atoms with Crippen LogP contribution in [0.2, 0.25) is 0 Å². The van der Waals surface area contributed by atoms with E-state index in [-0.39, 0.29) is 16.3 Å². The van der Waals surface area contributed by atoms with Crippen LogP contribution in [0.15, 0.2) is 12.1 Å². The summed E-state index contributed by atoms with van der Waals surface area (Å²) in [4.78, 5) is 1.36. The lowest BCUT2D eigenvalue weighted by atomic mass is 10.2. The van der Waals surface area contributed by atoms with E-state index in [2.05, 4.69) is 20.7 Å². The minimum Gasteiger partial charge on any atom is -0.494 e. The third-order valence-electron chi connectivity index (χ3n) is 1.98. The molecule has 0 radical (unpaired) electrons. The first kappa shape index (κ1) is 12.4. The summed E-state index contributed by atoms with van der Waals surface area (Å²) in [5.74, 6) is -1.15. The normalized spacial score (nSPS) is 13.0. The third kappa shape index (κ3) is 2.66. The molecule has 0 fully saturated rings. The van der Waals surface area contributed by atoms with Gasteiger partial charge in [0.05, 0.1) is 12.1 Å². The topological polar surface area (TPSA) is 12.5 Å². The second-order valence-electron chi connectivity index (χ2n) is 3.31. The number of benzene rings is 1. The minimum atomic E-state index is -0.569. The van der Waals surface area contributed by atoms with Crippen molar-refractivity contribution < 1.29 is 13.5 Å². The maximum absolute atomic E-state index is 13.5. The zero-order valence-electron chi connectivity index (χ0n) is 8.72. The van der Waals surface area contributed by atoms with E-state index < -0.39 is 11.6 Å². The summed E-state index contributed by atoms with van der Waals surface area (Å²) in [6, 6.07) is 2.18. The molecule has 1 rings (SSSR count). The van der Waals surface area contributed by atoms with Crippen molar-refractivity contribution >= 4 is 15.9 Å². The minimum absolute atomic E-state index is 0.0882. The lowest BCUT2D eigenvalue weighted by Gasteiger charge is -2.19. The number of methoxy groups -OCH3 is 1. The molecule has 0 aliphatic rings. The van der Waals surface area contributed by atoms with E-state index in [4.69, 9.17) is 0 Å². The highest BCUT2D eigenvalue weighted by atomic mass is 79.9. The van der Waals surface area contributed by atoms with E-state index in [1.807, 2.05) is 0 Å². The van der Waals surface area contributed by atoms with Gasteiger partial charge in [-0.2, -0.15) is 0 Å². The van der Waals surface area contributed by atoms with Gasteiger partial charge in [0.15, 0.2) is 11.6 Å². The van der Waals surface area contributed by atoms with Crippen LogP contribution in [0.1, 0.15) is 10.5 Å². The van der Waals surface area contributed by atoms with E-state index in [0.717, 1.165) is 12.1 Å². The second-order valence-corrected chi connectivity index (χ2v) is 4.18. The van der Waals surface area contributed by atoms with Crippen LogP contribution < -0.4 is 4.74 Å². The van der Waals surface area contributed by atoms with Gasteiger partial charge in [-0.05, 0) is 20.2 Å². The lowest BCUT2D eigenvalue weighted by molar-refractivity contribution is 0.369. The quantitative estimate of drug-likeness (QED) is 0.623. The maximum Gasteiger partial charge on any atom is 0.165 e. The Bertz CT molecular complexity index is 358. The fourth-order valence-electron chi connectivity index (χ4n) is 1.16. The van der Waals surface area contributed by atoms with Gasteiger partial charge in [-0.1, -0.05) is 15.9 Å². The van der Waals surface area contributed by atoms with Gasteiger partial charge < -0.3 is 4.74 Å². The number of ether oxygens (including phenoxy) is 1. The van der Waals surface area contributed by atoms with Crippen molar-refractivity contribution in [2.45, 2.75) is 4.95 Å². The van der Waals surface area contributed by atoms with Crippen molar-refractivity contribution in [1.29, 1.82) is 0 Å². The van der Waals surface area contributed by atoms with Crippen molar-refractivity contribution in [3.63, 3.8) is 0 Å². The highest BCUT2D eigenvalue weighted by molar-refractivity contribution is 9.09. The van der Waals surface area contributed by atoms with Crippen molar-refractivity contribution in [3.05, 3.63) is 29.3 Å². The maximum atomic E-state index is 13.5. The van der Waals surface area contributed by atoms with Crippen molar-refractivity contribution in [2.75, 3.05) is 21.2 Å². The van der Waals surface area contributed by atoms with Gasteiger partial charge >= 0.3 is 0 Å². The monoisotopic (exact) mass is 279 g/mol. The first-order valence-electron chi connectivity index (χ1n) is 4.30. The zero-order valence-corrected chi connectivity index (χ0v) is 10.3. The van der Waals surface area contributed by atoms with Gasteiger partial charge in [0.25, 0.3) is 0 Å². The standard InChI is InChI=1S/C10H12BrF2NO/c1-14(2)10(11)6-4-8(13)9(15-3)5-7(6)12/h4-5,10H,1-3H3. The number of rotatable bonds is 3. The SMILES string of the molecule is COc1cc(F)c(C(Br)N(C)C)cc1F. The average Bonchev–Trinajstić information content (AvgIpc) is 2.19. The van der Waals surface area contributed by atoms with Crippen LogP contribution in [-0.2, 0) is 0 Å². The predicted molar refractivity (Wildman–Crippen MR) is 58.3 cm³/mol. The molecule has 0 saturated heterocycles. The molecule has 1 atom stereocenters. The predicted octanol–water partition coefficient (Wildman–Crippen LogP) is 2.93. The second kappa shape index (κ2) is 4.90. The fourth-order valence-corrected chi connectivity index (χ4v) is 1.51. The highest BCUT2D eigenvalue weighted by Gasteiger charge is 2.18. The Morgan fingerprint density at radius 2 is 1.87 bits per heavy atom. The van der Waals surface area contributed by atoms with Crippen LogP contribution in [0.25, 0.3) is 0 Å². The molecule has 0 aliphatic heterocycles. The van der Waals surface area contributed by atoms with Crippen LogP contribution in [0.5, 0.6) is 5.75 Å². The molecule has 0 heterocycles. The Morgan fingerprint density at radius 3 is 2.33 bits per heavy atom. The number of nitrogens with zero attached hydrogens (tertiary/aromatic N) is 1. The van der Waals surface area contributed by atoms with E-state index in [1.54, 1.807) is 19.0 Å². The number of halogens is 3. The van der Waals surface area contributed by atoms with Crippen LogP contribution in [0.3, 0.4) is 0 Å². The first-order valence-corrected chi connectivity index (χ1v) is 5.22. The van der Waals surface area contributed by atoms with Gasteiger partial charge in [-0.25, -0.2) is 8.78 Å². The Morgan fingerprint density at radius 1 is 1.27 bits per heavy atom. The van der Waals surface area contributed by atoms with E-state index in [1.165, 1.54) is 7.11 Å². The van der Waals surface area contributed by atoms with E-state index in [9.17, 15) is 8.78 Å². The lowest BCUT2D eigenvalue weighted by Crippen LogP contribution is -2.15. The molecule has 15 heavy (non-hydrogen) atoms. The van der Waals surface area contributed by atoms with Crippen molar-refractivity contribution in [2.24, 2.45) is 0 Å². The molecular formula is C10H12BrF2NO. The highest BCUT2D eigenvalue weighted by Crippen LogP contribution is 2.31. The molecule has 0 N–H and O–H groups in total.